The monoisotopic (exact) mass is 614 g/mol. The van der Waals surface area contributed by atoms with Gasteiger partial charge in [-0.3, -0.25) is 19.5 Å². The van der Waals surface area contributed by atoms with E-state index >= 15 is 0 Å². The lowest BCUT2D eigenvalue weighted by molar-refractivity contribution is -0.136. The van der Waals surface area contributed by atoms with Crippen LogP contribution in [0.4, 0.5) is 13.2 Å². The van der Waals surface area contributed by atoms with Crippen LogP contribution in [0.2, 0.25) is 0 Å². The van der Waals surface area contributed by atoms with Crippen LogP contribution in [0.3, 0.4) is 0 Å². The van der Waals surface area contributed by atoms with Crippen LogP contribution in [0, 0.1) is 6.92 Å². The fourth-order valence-corrected chi connectivity index (χ4v) is 6.97. The minimum Gasteiger partial charge on any atom is -0.274 e. The molecule has 0 radical (unpaired) electrons. The van der Waals surface area contributed by atoms with Crippen molar-refractivity contribution in [3.8, 4) is 22.3 Å². The Morgan fingerprint density at radius 2 is 1.39 bits per heavy atom. The smallest absolute Gasteiger partial charge is 0.274 e. The van der Waals surface area contributed by atoms with E-state index in [0.717, 1.165) is 11.0 Å². The predicted octanol–water partition coefficient (Wildman–Crippen LogP) is 7.36. The molecule has 1 aromatic heterocycles. The molecule has 222 valence electrons. The summed E-state index contributed by atoms with van der Waals surface area (Å²) in [4.78, 5) is 30.5. The van der Waals surface area contributed by atoms with E-state index in [-0.39, 0.29) is 29.1 Å². The summed E-state index contributed by atoms with van der Waals surface area (Å²) in [6.07, 6.45) is -3.06. The van der Waals surface area contributed by atoms with Gasteiger partial charge in [-0.2, -0.15) is 13.2 Å². The number of aryl methyl sites for hydroxylation is 1. The van der Waals surface area contributed by atoms with Crippen molar-refractivity contribution >= 4 is 32.6 Å². The van der Waals surface area contributed by atoms with E-state index in [2.05, 4.69) is 4.98 Å². The number of aromatic nitrogens is 1. The van der Waals surface area contributed by atoms with Gasteiger partial charge in [0.15, 0.2) is 9.84 Å². The molecule has 0 aliphatic carbocycles. The number of fused-ring (bicyclic) bond motifs is 2. The van der Waals surface area contributed by atoms with Crippen LogP contribution < -0.4 is 0 Å². The normalized spacial score (nSPS) is 13.5. The van der Waals surface area contributed by atoms with Crippen LogP contribution in [0.1, 0.15) is 38.3 Å². The molecule has 0 saturated heterocycles. The zero-order valence-electron chi connectivity index (χ0n) is 23.4. The van der Waals surface area contributed by atoms with Gasteiger partial charge in [0.05, 0.1) is 32.9 Å². The zero-order valence-corrected chi connectivity index (χ0v) is 24.2. The number of amides is 2. The first-order valence-corrected chi connectivity index (χ1v) is 15.5. The van der Waals surface area contributed by atoms with Crippen LogP contribution in [0.5, 0.6) is 0 Å². The molecule has 10 heteroatoms. The third-order valence-corrected chi connectivity index (χ3v) is 9.54. The Kier molecular flexibility index (Phi) is 7.33. The Morgan fingerprint density at radius 3 is 2.07 bits per heavy atom. The number of hydrogen-bond acceptors (Lipinski definition) is 5. The van der Waals surface area contributed by atoms with Crippen molar-refractivity contribution in [2.45, 2.75) is 24.4 Å². The summed E-state index contributed by atoms with van der Waals surface area (Å²) in [6.45, 7) is 1.76. The molecule has 2 heterocycles. The number of rotatable bonds is 7. The zero-order chi connectivity index (χ0) is 31.2. The molecule has 1 aliphatic rings. The first kappa shape index (κ1) is 29.3. The lowest BCUT2D eigenvalue weighted by atomic mass is 9.93. The fraction of sp³-hybridized carbons (Fsp3) is 0.147. The third kappa shape index (κ3) is 5.26. The number of alkyl halides is 3. The van der Waals surface area contributed by atoms with Crippen molar-refractivity contribution in [2.24, 2.45) is 0 Å². The van der Waals surface area contributed by atoms with Crippen molar-refractivity contribution < 1.29 is 31.2 Å². The number of carbonyl (C=O) groups is 2. The summed E-state index contributed by atoms with van der Waals surface area (Å²) < 4.78 is 67.6. The highest BCUT2D eigenvalue weighted by molar-refractivity contribution is 7.91. The molecular formula is C34H25F3N2O4S. The molecule has 0 fully saturated rings. The first-order chi connectivity index (χ1) is 21.0. The fourth-order valence-electron chi connectivity index (χ4n) is 5.63. The topological polar surface area (TPSA) is 84.4 Å². The lowest BCUT2D eigenvalue weighted by Gasteiger charge is -2.15. The first-order valence-electron chi connectivity index (χ1n) is 13.8. The van der Waals surface area contributed by atoms with Crippen LogP contribution in [0.25, 0.3) is 33.2 Å². The van der Waals surface area contributed by atoms with Gasteiger partial charge in [0.2, 0.25) is 0 Å². The Morgan fingerprint density at radius 1 is 0.773 bits per heavy atom. The van der Waals surface area contributed by atoms with Gasteiger partial charge in [-0.1, -0.05) is 54.6 Å². The Labute approximate surface area is 251 Å². The number of hydrogen-bond donors (Lipinski definition) is 0. The van der Waals surface area contributed by atoms with Gasteiger partial charge in [0.25, 0.3) is 11.8 Å². The number of carbonyl (C=O) groups excluding carboxylic acids is 2. The summed E-state index contributed by atoms with van der Waals surface area (Å²) in [5, 5.41) is 0.367. The molecule has 4 aromatic carbocycles. The van der Waals surface area contributed by atoms with E-state index in [0.29, 0.717) is 44.3 Å². The second-order valence-electron chi connectivity index (χ2n) is 10.6. The summed E-state index contributed by atoms with van der Waals surface area (Å²) in [5.41, 5.74) is 2.94. The Balaban J connectivity index is 1.26. The number of imide groups is 1. The third-order valence-electron chi connectivity index (χ3n) is 7.74. The number of pyridine rings is 1. The van der Waals surface area contributed by atoms with Crippen LogP contribution in [-0.2, 0) is 16.0 Å². The maximum atomic E-state index is 13.7. The minimum absolute atomic E-state index is 0.0252. The van der Waals surface area contributed by atoms with Crippen LogP contribution >= 0.6 is 0 Å². The highest BCUT2D eigenvalue weighted by atomic mass is 32.2. The Hall–Kier alpha value is -4.83. The quantitative estimate of drug-likeness (QED) is 0.179. The maximum Gasteiger partial charge on any atom is 0.418 e. The highest BCUT2D eigenvalue weighted by Crippen LogP contribution is 2.39. The molecule has 1 aliphatic heterocycles. The van der Waals surface area contributed by atoms with Gasteiger partial charge >= 0.3 is 6.18 Å². The van der Waals surface area contributed by atoms with Gasteiger partial charge in [-0.15, -0.1) is 0 Å². The predicted molar refractivity (Wildman–Crippen MR) is 161 cm³/mol. The SMILES string of the molecule is Cc1cnc2c(C(F)(F)F)cccc2c1-c1cccc(-c2cccc(S(=O)(=O)CCCN3C(=O)c4ccccc4C3=O)c2)c1. The van der Waals surface area contributed by atoms with E-state index in [9.17, 15) is 31.2 Å². The van der Waals surface area contributed by atoms with E-state index in [4.69, 9.17) is 0 Å². The van der Waals surface area contributed by atoms with E-state index in [1.54, 1.807) is 73.7 Å². The van der Waals surface area contributed by atoms with Gasteiger partial charge in [0.1, 0.15) is 0 Å². The number of sulfone groups is 1. The number of benzene rings is 4. The maximum absolute atomic E-state index is 13.7. The van der Waals surface area contributed by atoms with Crippen molar-refractivity contribution in [2.75, 3.05) is 12.3 Å². The van der Waals surface area contributed by atoms with Gasteiger partial charge < -0.3 is 0 Å². The molecule has 44 heavy (non-hydrogen) atoms. The molecule has 6 nitrogen and oxygen atoms in total. The van der Waals surface area contributed by atoms with Crippen LogP contribution in [0.15, 0.2) is 102 Å². The Bertz CT molecular complexity index is 2040. The highest BCUT2D eigenvalue weighted by Gasteiger charge is 2.35. The average Bonchev–Trinajstić information content (AvgIpc) is 3.25. The van der Waals surface area contributed by atoms with Gasteiger partial charge in [-0.05, 0) is 77.6 Å². The summed E-state index contributed by atoms with van der Waals surface area (Å²) in [5.74, 6) is -1.14. The minimum atomic E-state index is -4.56. The number of para-hydroxylation sites is 1. The molecule has 0 N–H and O–H groups in total. The van der Waals surface area contributed by atoms with Crippen LogP contribution in [-0.4, -0.2) is 42.4 Å². The molecule has 6 rings (SSSR count). The van der Waals surface area contributed by atoms with Crippen molar-refractivity contribution in [3.63, 3.8) is 0 Å². The molecule has 0 unspecified atom stereocenters. The van der Waals surface area contributed by atoms with Crippen molar-refractivity contribution in [3.05, 3.63) is 119 Å². The molecule has 0 bridgehead atoms. The lowest BCUT2D eigenvalue weighted by Crippen LogP contribution is -2.31. The van der Waals surface area contributed by atoms with E-state index in [1.807, 2.05) is 6.07 Å². The molecular weight excluding hydrogens is 589 g/mol. The summed E-state index contributed by atoms with van der Waals surface area (Å²) in [6, 6.07) is 24.1. The number of nitrogens with zero attached hydrogens (tertiary/aromatic N) is 2. The molecule has 0 atom stereocenters. The van der Waals surface area contributed by atoms with Gasteiger partial charge in [-0.25, -0.2) is 8.42 Å². The summed E-state index contributed by atoms with van der Waals surface area (Å²) >= 11 is 0. The average molecular weight is 615 g/mol. The second-order valence-corrected chi connectivity index (χ2v) is 12.7. The largest absolute Gasteiger partial charge is 0.418 e. The molecule has 0 spiro atoms. The molecule has 5 aromatic rings. The molecule has 0 saturated carbocycles. The van der Waals surface area contributed by atoms with E-state index < -0.39 is 33.4 Å². The molecule has 2 amide bonds. The standard InChI is InChI=1S/C34H25F3N2O4S/c1-21-20-38-31-28(14-6-15-29(31)34(35,36)37)30(21)24-10-4-8-22(18-24)23-9-5-11-25(19-23)44(42,43)17-7-16-39-32(40)26-12-2-3-13-27(26)33(39)41/h2-6,8-15,18-20H,7,16-17H2,1H3. The van der Waals surface area contributed by atoms with Crippen molar-refractivity contribution in [1.82, 2.24) is 9.88 Å². The summed E-state index contributed by atoms with van der Waals surface area (Å²) in [7, 11) is -3.77. The second kappa shape index (κ2) is 11.0. The van der Waals surface area contributed by atoms with E-state index in [1.165, 1.54) is 18.3 Å². The van der Waals surface area contributed by atoms with Crippen molar-refractivity contribution in [1.29, 1.82) is 0 Å². The van der Waals surface area contributed by atoms with Gasteiger partial charge in [0, 0.05) is 18.1 Å². The number of halogens is 3.